The van der Waals surface area contributed by atoms with Crippen LogP contribution in [0.1, 0.15) is 28.8 Å². The third-order valence-electron chi connectivity index (χ3n) is 5.19. The van der Waals surface area contributed by atoms with E-state index in [9.17, 15) is 9.18 Å². The molecule has 1 amide bonds. The first kappa shape index (κ1) is 19.9. The van der Waals surface area contributed by atoms with Crippen molar-refractivity contribution in [1.82, 2.24) is 19.9 Å². The Balaban J connectivity index is 1.48. The number of halogens is 1. The molecule has 30 heavy (non-hydrogen) atoms. The molecule has 1 unspecified atom stereocenters. The Morgan fingerprint density at radius 3 is 2.80 bits per heavy atom. The van der Waals surface area contributed by atoms with Gasteiger partial charge in [-0.1, -0.05) is 17.7 Å². The van der Waals surface area contributed by atoms with Crippen molar-refractivity contribution >= 4 is 5.91 Å². The normalized spacial score (nSPS) is 16.3. The highest BCUT2D eigenvalue weighted by atomic mass is 19.1. The number of piperidine rings is 1. The molecule has 0 bridgehead atoms. The number of likely N-dealkylation sites (tertiary alicyclic amines) is 1. The Bertz CT molecular complexity index is 1010. The summed E-state index contributed by atoms with van der Waals surface area (Å²) in [6.45, 7) is 3.70. The number of carbonyl (C=O) groups is 1. The average molecular weight is 406 g/mol. The Kier molecular flexibility index (Phi) is 5.97. The van der Waals surface area contributed by atoms with Crippen LogP contribution in [0.25, 0.3) is 11.4 Å². The van der Waals surface area contributed by atoms with Gasteiger partial charge in [0.15, 0.2) is 5.82 Å². The second kappa shape index (κ2) is 8.98. The van der Waals surface area contributed by atoms with Crippen LogP contribution in [-0.2, 0) is 0 Å². The number of carbonyl (C=O) groups excluding carboxylic acids is 1. The summed E-state index contributed by atoms with van der Waals surface area (Å²) in [5.74, 6) is 0.705. The van der Waals surface area contributed by atoms with Gasteiger partial charge < -0.3 is 9.64 Å². The molecule has 1 saturated heterocycles. The minimum atomic E-state index is -0.395. The molecule has 0 saturated carbocycles. The number of benzene rings is 1. The third kappa shape index (κ3) is 4.62. The molecular formula is C23H23FN4O2. The van der Waals surface area contributed by atoms with Crippen LogP contribution < -0.4 is 4.74 Å². The molecule has 7 heteroatoms. The van der Waals surface area contributed by atoms with E-state index < -0.39 is 5.82 Å². The summed E-state index contributed by atoms with van der Waals surface area (Å²) in [5.41, 5.74) is 2.36. The minimum absolute atomic E-state index is 0.0224. The Hall–Kier alpha value is -3.35. The van der Waals surface area contributed by atoms with E-state index in [1.165, 1.54) is 12.1 Å². The minimum Gasteiger partial charge on any atom is -0.477 e. The van der Waals surface area contributed by atoms with Crippen molar-refractivity contribution in [2.45, 2.75) is 19.8 Å². The predicted octanol–water partition coefficient (Wildman–Crippen LogP) is 3.92. The lowest BCUT2D eigenvalue weighted by atomic mass is 9.96. The van der Waals surface area contributed by atoms with Gasteiger partial charge in [0.2, 0.25) is 5.88 Å². The van der Waals surface area contributed by atoms with Gasteiger partial charge in [-0.3, -0.25) is 4.79 Å². The van der Waals surface area contributed by atoms with E-state index in [0.717, 1.165) is 30.2 Å². The number of aryl methyl sites for hydroxylation is 1. The number of hydrogen-bond acceptors (Lipinski definition) is 5. The van der Waals surface area contributed by atoms with E-state index >= 15 is 0 Å². The van der Waals surface area contributed by atoms with Crippen LogP contribution in [0.5, 0.6) is 5.88 Å². The second-order valence-electron chi connectivity index (χ2n) is 7.51. The molecule has 1 aliphatic rings. The molecule has 6 nitrogen and oxygen atoms in total. The molecule has 154 valence electrons. The zero-order valence-electron chi connectivity index (χ0n) is 16.8. The summed E-state index contributed by atoms with van der Waals surface area (Å²) in [6, 6.07) is 10.4. The lowest BCUT2D eigenvalue weighted by molar-refractivity contribution is 0.0631. The monoisotopic (exact) mass is 406 g/mol. The van der Waals surface area contributed by atoms with Gasteiger partial charge in [-0.15, -0.1) is 0 Å². The maximum absolute atomic E-state index is 13.4. The van der Waals surface area contributed by atoms with E-state index in [0.29, 0.717) is 37.0 Å². The lowest BCUT2D eigenvalue weighted by Crippen LogP contribution is -2.41. The molecule has 1 aromatic carbocycles. The molecule has 2 aromatic heterocycles. The van der Waals surface area contributed by atoms with Crippen molar-refractivity contribution in [3.8, 4) is 17.3 Å². The topological polar surface area (TPSA) is 68.2 Å². The SMILES string of the molecule is Cc1ccc(-c2ncccn2)c(C(=O)N2CCCC(COc3ccc(F)cn3)C2)c1. The standard InChI is InChI=1S/C23H23FN4O2/c1-16-5-7-19(22-25-9-3-10-26-22)20(12-16)23(29)28-11-2-4-17(14-28)15-30-21-8-6-18(24)13-27-21/h3,5-10,12-13,17H,2,4,11,14-15H2,1H3. The maximum Gasteiger partial charge on any atom is 0.254 e. The van der Waals surface area contributed by atoms with E-state index in [1.807, 2.05) is 30.0 Å². The number of amides is 1. The fraction of sp³-hybridized carbons (Fsp3) is 0.304. The van der Waals surface area contributed by atoms with Crippen molar-refractivity contribution in [1.29, 1.82) is 0 Å². The Morgan fingerprint density at radius 1 is 1.20 bits per heavy atom. The fourth-order valence-electron chi connectivity index (χ4n) is 3.67. The molecule has 0 aliphatic carbocycles. The third-order valence-corrected chi connectivity index (χ3v) is 5.19. The first-order valence-electron chi connectivity index (χ1n) is 10.0. The zero-order chi connectivity index (χ0) is 20.9. The van der Waals surface area contributed by atoms with Crippen molar-refractivity contribution in [2.75, 3.05) is 19.7 Å². The van der Waals surface area contributed by atoms with E-state index in [4.69, 9.17) is 4.74 Å². The molecule has 0 N–H and O–H groups in total. The second-order valence-corrected chi connectivity index (χ2v) is 7.51. The first-order valence-corrected chi connectivity index (χ1v) is 10.0. The predicted molar refractivity (Wildman–Crippen MR) is 111 cm³/mol. The highest BCUT2D eigenvalue weighted by Gasteiger charge is 2.27. The summed E-state index contributed by atoms with van der Waals surface area (Å²) >= 11 is 0. The molecule has 4 rings (SSSR count). The number of hydrogen-bond donors (Lipinski definition) is 0. The number of pyridine rings is 1. The van der Waals surface area contributed by atoms with Crippen LogP contribution in [0.15, 0.2) is 55.0 Å². The van der Waals surface area contributed by atoms with Crippen LogP contribution in [0.4, 0.5) is 4.39 Å². The molecule has 3 aromatic rings. The zero-order valence-corrected chi connectivity index (χ0v) is 16.8. The van der Waals surface area contributed by atoms with Gasteiger partial charge >= 0.3 is 0 Å². The summed E-state index contributed by atoms with van der Waals surface area (Å²) in [4.78, 5) is 27.8. The van der Waals surface area contributed by atoms with Crippen LogP contribution in [-0.4, -0.2) is 45.5 Å². The number of rotatable bonds is 5. The molecule has 3 heterocycles. The average Bonchev–Trinajstić information content (AvgIpc) is 2.79. The van der Waals surface area contributed by atoms with Crippen molar-refractivity contribution in [2.24, 2.45) is 5.92 Å². The van der Waals surface area contributed by atoms with Crippen molar-refractivity contribution in [3.05, 3.63) is 71.9 Å². The van der Waals surface area contributed by atoms with Gasteiger partial charge in [-0.2, -0.15) is 0 Å². The Labute approximate surface area is 174 Å². The van der Waals surface area contributed by atoms with Crippen LogP contribution in [0.3, 0.4) is 0 Å². The summed E-state index contributed by atoms with van der Waals surface area (Å²) in [5, 5.41) is 0. The molecule has 0 spiro atoms. The molecule has 1 aliphatic heterocycles. The van der Waals surface area contributed by atoms with E-state index in [-0.39, 0.29) is 11.8 Å². The molecule has 1 fully saturated rings. The van der Waals surface area contributed by atoms with Gasteiger partial charge in [-0.05, 0) is 38.0 Å². The maximum atomic E-state index is 13.4. The molecular weight excluding hydrogens is 383 g/mol. The molecule has 0 radical (unpaired) electrons. The number of nitrogens with zero attached hydrogens (tertiary/aromatic N) is 4. The van der Waals surface area contributed by atoms with E-state index in [1.54, 1.807) is 18.5 Å². The largest absolute Gasteiger partial charge is 0.477 e. The van der Waals surface area contributed by atoms with Crippen molar-refractivity contribution in [3.63, 3.8) is 0 Å². The van der Waals surface area contributed by atoms with Crippen LogP contribution in [0, 0.1) is 18.7 Å². The van der Waals surface area contributed by atoms with E-state index in [2.05, 4.69) is 15.0 Å². The summed E-state index contributed by atoms with van der Waals surface area (Å²) in [7, 11) is 0. The first-order chi connectivity index (χ1) is 14.6. The highest BCUT2D eigenvalue weighted by Crippen LogP contribution is 2.26. The van der Waals surface area contributed by atoms with Gasteiger partial charge in [0, 0.05) is 43.0 Å². The lowest BCUT2D eigenvalue weighted by Gasteiger charge is -2.33. The number of ether oxygens (including phenoxy) is 1. The van der Waals surface area contributed by atoms with Gasteiger partial charge in [-0.25, -0.2) is 19.3 Å². The number of aromatic nitrogens is 3. The fourth-order valence-corrected chi connectivity index (χ4v) is 3.67. The quantitative estimate of drug-likeness (QED) is 0.643. The smallest absolute Gasteiger partial charge is 0.254 e. The van der Waals surface area contributed by atoms with Crippen LogP contribution >= 0.6 is 0 Å². The van der Waals surface area contributed by atoms with Gasteiger partial charge in [0.05, 0.1) is 18.4 Å². The highest BCUT2D eigenvalue weighted by molar-refractivity contribution is 6.00. The van der Waals surface area contributed by atoms with Crippen LogP contribution in [0.2, 0.25) is 0 Å². The van der Waals surface area contributed by atoms with Crippen molar-refractivity contribution < 1.29 is 13.9 Å². The molecule has 1 atom stereocenters. The van der Waals surface area contributed by atoms with Gasteiger partial charge in [0.1, 0.15) is 5.82 Å². The Morgan fingerprint density at radius 2 is 2.03 bits per heavy atom. The summed E-state index contributed by atoms with van der Waals surface area (Å²) < 4.78 is 18.7. The van der Waals surface area contributed by atoms with Gasteiger partial charge in [0.25, 0.3) is 5.91 Å². The summed E-state index contributed by atoms with van der Waals surface area (Å²) in [6.07, 6.45) is 6.35.